The molecular formula is C25H37N6O2+. The minimum absolute atomic E-state index is 0.180. The zero-order valence-electron chi connectivity index (χ0n) is 20.2. The number of ketones is 1. The topological polar surface area (TPSA) is 86.3 Å². The number of pyridine rings is 1. The zero-order chi connectivity index (χ0) is 23.4. The van der Waals surface area contributed by atoms with Crippen LogP contribution in [0.15, 0.2) is 24.4 Å². The van der Waals surface area contributed by atoms with Crippen LogP contribution in [0.3, 0.4) is 0 Å². The Balaban J connectivity index is 1.48. The van der Waals surface area contributed by atoms with Crippen molar-refractivity contribution in [2.75, 3.05) is 58.7 Å². The molecule has 0 bridgehead atoms. The Morgan fingerprint density at radius 1 is 1.18 bits per heavy atom. The predicted octanol–water partition coefficient (Wildman–Crippen LogP) is 3.22. The van der Waals surface area contributed by atoms with Crippen LogP contribution in [0.2, 0.25) is 0 Å². The van der Waals surface area contributed by atoms with E-state index in [0.29, 0.717) is 25.5 Å². The van der Waals surface area contributed by atoms with E-state index in [9.17, 15) is 4.79 Å². The number of carbonyl (C=O) groups is 1. The first-order valence-electron chi connectivity index (χ1n) is 12.1. The maximum atomic E-state index is 11.0. The van der Waals surface area contributed by atoms with Crippen LogP contribution in [0.25, 0.3) is 21.8 Å². The number of hydrogen-bond acceptors (Lipinski definition) is 6. The summed E-state index contributed by atoms with van der Waals surface area (Å²) in [4.78, 5) is 18.1. The van der Waals surface area contributed by atoms with Crippen molar-refractivity contribution in [3.8, 4) is 0 Å². The SMILES string of the molecule is CCCCn1cc2c(n1)c(N)nc1ccc([N+]3(C)CCN(CCOCCC(C)=O)CC3)cc12. The van der Waals surface area contributed by atoms with Crippen molar-refractivity contribution in [3.63, 3.8) is 0 Å². The number of quaternary nitrogens is 1. The van der Waals surface area contributed by atoms with Crippen LogP contribution in [0.4, 0.5) is 11.5 Å². The first kappa shape index (κ1) is 23.6. The molecule has 2 N–H and O–H groups in total. The molecule has 33 heavy (non-hydrogen) atoms. The molecule has 0 saturated carbocycles. The standard InChI is InChI=1S/C25H37N6O2/c1-4-5-9-30-18-22-21-17-20(6-7-23(21)27-25(26)24(22)28-30)31(3)13-10-29(11-14-31)12-16-33-15-8-19(2)32/h6-7,17-18H,4-5,8-16H2,1-3H3,(H2,26,27)/q+1. The highest BCUT2D eigenvalue weighted by Gasteiger charge is 2.31. The van der Waals surface area contributed by atoms with Crippen molar-refractivity contribution in [2.45, 2.75) is 39.7 Å². The van der Waals surface area contributed by atoms with Gasteiger partial charge in [-0.2, -0.15) is 5.10 Å². The smallest absolute Gasteiger partial charge is 0.152 e. The minimum atomic E-state index is 0.180. The molecule has 3 heterocycles. The quantitative estimate of drug-likeness (QED) is 0.375. The number of carbonyl (C=O) groups excluding carboxylic acids is 1. The molecule has 3 aromatic rings. The van der Waals surface area contributed by atoms with Crippen LogP contribution in [0.5, 0.6) is 0 Å². The van der Waals surface area contributed by atoms with Gasteiger partial charge in [-0.15, -0.1) is 0 Å². The number of fused-ring (bicyclic) bond motifs is 3. The van der Waals surface area contributed by atoms with E-state index in [1.165, 1.54) is 5.69 Å². The number of aryl methyl sites for hydroxylation is 1. The summed E-state index contributed by atoms with van der Waals surface area (Å²) in [6.45, 7) is 10.9. The molecule has 4 rings (SSSR count). The van der Waals surface area contributed by atoms with E-state index in [0.717, 1.165) is 78.4 Å². The Bertz CT molecular complexity index is 1120. The molecule has 178 valence electrons. The van der Waals surface area contributed by atoms with Gasteiger partial charge in [0.15, 0.2) is 5.82 Å². The average Bonchev–Trinajstić information content (AvgIpc) is 3.24. The number of nitrogens with zero attached hydrogens (tertiary/aromatic N) is 5. The summed E-state index contributed by atoms with van der Waals surface area (Å²) >= 11 is 0. The molecule has 0 amide bonds. The first-order valence-corrected chi connectivity index (χ1v) is 12.1. The summed E-state index contributed by atoms with van der Waals surface area (Å²) in [5, 5.41) is 6.92. The molecule has 8 nitrogen and oxygen atoms in total. The van der Waals surface area contributed by atoms with E-state index in [1.54, 1.807) is 6.92 Å². The third-order valence-electron chi connectivity index (χ3n) is 6.85. The number of benzene rings is 1. The number of nitrogen functional groups attached to an aromatic ring is 1. The van der Waals surface area contributed by atoms with Gasteiger partial charge >= 0.3 is 0 Å². The van der Waals surface area contributed by atoms with Gasteiger partial charge in [0.2, 0.25) is 0 Å². The van der Waals surface area contributed by atoms with Crippen molar-refractivity contribution in [1.29, 1.82) is 0 Å². The maximum Gasteiger partial charge on any atom is 0.152 e. The fourth-order valence-electron chi connectivity index (χ4n) is 4.54. The van der Waals surface area contributed by atoms with Crippen molar-refractivity contribution >= 4 is 39.1 Å². The number of Topliss-reactive ketones (excluding diaryl/α,β-unsaturated/α-hetero) is 1. The fourth-order valence-corrected chi connectivity index (χ4v) is 4.54. The summed E-state index contributed by atoms with van der Waals surface area (Å²) in [6, 6.07) is 6.59. The second-order valence-electron chi connectivity index (χ2n) is 9.46. The van der Waals surface area contributed by atoms with Gasteiger partial charge in [0.25, 0.3) is 0 Å². The van der Waals surface area contributed by atoms with Gasteiger partial charge in [-0.05, 0) is 19.4 Å². The Morgan fingerprint density at radius 2 is 1.97 bits per heavy atom. The van der Waals surface area contributed by atoms with Crippen LogP contribution >= 0.6 is 0 Å². The van der Waals surface area contributed by atoms with E-state index in [2.05, 4.69) is 48.3 Å². The van der Waals surface area contributed by atoms with E-state index in [4.69, 9.17) is 15.6 Å². The lowest BCUT2D eigenvalue weighted by molar-refractivity contribution is -0.118. The molecular weight excluding hydrogens is 416 g/mol. The van der Waals surface area contributed by atoms with Gasteiger partial charge in [0.1, 0.15) is 17.0 Å². The number of ether oxygens (including phenoxy) is 1. The summed E-state index contributed by atoms with van der Waals surface area (Å²) < 4.78 is 8.52. The monoisotopic (exact) mass is 453 g/mol. The number of rotatable bonds is 10. The Kier molecular flexibility index (Phi) is 7.26. The molecule has 1 aromatic carbocycles. The first-order chi connectivity index (χ1) is 15.9. The molecule has 1 aliphatic rings. The van der Waals surface area contributed by atoms with Crippen molar-refractivity contribution in [1.82, 2.24) is 24.1 Å². The lowest BCUT2D eigenvalue weighted by Gasteiger charge is -2.41. The maximum absolute atomic E-state index is 11.0. The van der Waals surface area contributed by atoms with Gasteiger partial charge in [-0.1, -0.05) is 13.3 Å². The third-order valence-corrected chi connectivity index (χ3v) is 6.85. The number of anilines is 1. The largest absolute Gasteiger partial charge is 0.382 e. The number of unbranched alkanes of at least 4 members (excludes halogenated alkanes) is 1. The number of hydrogen-bond donors (Lipinski definition) is 1. The van der Waals surface area contributed by atoms with Gasteiger partial charge < -0.3 is 10.5 Å². The van der Waals surface area contributed by atoms with E-state index in [-0.39, 0.29) is 5.78 Å². The predicted molar refractivity (Wildman–Crippen MR) is 134 cm³/mol. The second kappa shape index (κ2) is 10.2. The molecule has 1 fully saturated rings. The number of nitrogens with two attached hydrogens (primary N) is 1. The molecule has 1 aliphatic heterocycles. The van der Waals surface area contributed by atoms with Gasteiger partial charge in [-0.25, -0.2) is 4.98 Å². The molecule has 0 radical (unpaired) electrons. The Morgan fingerprint density at radius 3 is 2.70 bits per heavy atom. The highest BCUT2D eigenvalue weighted by atomic mass is 16.5. The summed E-state index contributed by atoms with van der Waals surface area (Å²) in [5.41, 5.74) is 9.26. The highest BCUT2D eigenvalue weighted by molar-refractivity contribution is 6.08. The van der Waals surface area contributed by atoms with Gasteiger partial charge in [-0.3, -0.25) is 18.9 Å². The van der Waals surface area contributed by atoms with Crippen molar-refractivity contribution in [3.05, 3.63) is 24.4 Å². The molecule has 2 aromatic heterocycles. The Hall–Kier alpha value is -2.55. The van der Waals surface area contributed by atoms with Crippen LogP contribution in [0, 0.1) is 0 Å². The molecule has 0 unspecified atom stereocenters. The summed E-state index contributed by atoms with van der Waals surface area (Å²) in [5.74, 6) is 0.680. The molecule has 8 heteroatoms. The molecule has 0 spiro atoms. The van der Waals surface area contributed by atoms with Crippen LogP contribution in [-0.2, 0) is 16.1 Å². The van der Waals surface area contributed by atoms with Crippen LogP contribution < -0.4 is 10.2 Å². The fraction of sp³-hybridized carbons (Fsp3) is 0.560. The van der Waals surface area contributed by atoms with Gasteiger partial charge in [0.05, 0.1) is 38.9 Å². The Labute approximate surface area is 195 Å². The molecule has 0 atom stereocenters. The third kappa shape index (κ3) is 5.34. The number of aromatic nitrogens is 3. The van der Waals surface area contributed by atoms with Crippen LogP contribution in [-0.4, -0.2) is 78.4 Å². The second-order valence-corrected chi connectivity index (χ2v) is 9.46. The number of likely N-dealkylation sites (N-methyl/N-ethyl adjacent to an activating group) is 1. The lowest BCUT2D eigenvalue weighted by Crippen LogP contribution is -2.58. The van der Waals surface area contributed by atoms with E-state index < -0.39 is 0 Å². The van der Waals surface area contributed by atoms with Crippen molar-refractivity contribution < 1.29 is 9.53 Å². The molecule has 1 saturated heterocycles. The normalized spacial score (nSPS) is 16.6. The van der Waals surface area contributed by atoms with Crippen LogP contribution in [0.1, 0.15) is 33.1 Å². The average molecular weight is 454 g/mol. The van der Waals surface area contributed by atoms with E-state index >= 15 is 0 Å². The highest BCUT2D eigenvalue weighted by Crippen LogP contribution is 2.32. The summed E-state index contributed by atoms with van der Waals surface area (Å²) in [6.07, 6.45) is 4.85. The van der Waals surface area contributed by atoms with Gasteiger partial charge in [0, 0.05) is 61.7 Å². The van der Waals surface area contributed by atoms with Crippen molar-refractivity contribution in [2.24, 2.45) is 0 Å². The zero-order valence-corrected chi connectivity index (χ0v) is 20.2. The molecule has 0 aliphatic carbocycles. The number of piperazine rings is 1. The van der Waals surface area contributed by atoms with E-state index in [1.807, 2.05) is 4.68 Å². The summed E-state index contributed by atoms with van der Waals surface area (Å²) in [7, 11) is 2.31. The lowest BCUT2D eigenvalue weighted by atomic mass is 10.1. The minimum Gasteiger partial charge on any atom is -0.382 e.